The average Bonchev–Trinajstić information content (AvgIpc) is 2.81. The van der Waals surface area contributed by atoms with Gasteiger partial charge in [0.1, 0.15) is 0 Å². The molecule has 0 heterocycles. The van der Waals surface area contributed by atoms with E-state index in [2.05, 4.69) is 20.8 Å². The van der Waals surface area contributed by atoms with Crippen molar-refractivity contribution in [3.8, 4) is 0 Å². The molecule has 1 nitrogen and oxygen atoms in total. The first kappa shape index (κ1) is 12.0. The molecule has 0 aromatic rings. The lowest BCUT2D eigenvalue weighted by Gasteiger charge is -2.44. The van der Waals surface area contributed by atoms with Crippen molar-refractivity contribution in [1.82, 2.24) is 0 Å². The van der Waals surface area contributed by atoms with Gasteiger partial charge in [-0.25, -0.2) is 0 Å². The molecule has 0 aliphatic heterocycles. The molecule has 3 aliphatic carbocycles. The Balaban J connectivity index is 1.68. The van der Waals surface area contributed by atoms with Crippen molar-refractivity contribution in [3.05, 3.63) is 0 Å². The number of rotatable bonds is 1. The van der Waals surface area contributed by atoms with Crippen molar-refractivity contribution in [2.75, 3.05) is 0 Å². The van der Waals surface area contributed by atoms with Crippen LogP contribution in [-0.2, 0) is 0 Å². The van der Waals surface area contributed by atoms with Crippen molar-refractivity contribution in [1.29, 1.82) is 0 Å². The highest BCUT2D eigenvalue weighted by Gasteiger charge is 2.56. The zero-order chi connectivity index (χ0) is 12.2. The fourth-order valence-corrected chi connectivity index (χ4v) is 5.28. The largest absolute Gasteiger partial charge is 0.393 e. The lowest BCUT2D eigenvalue weighted by Crippen LogP contribution is -2.37. The molecule has 1 N–H and O–H groups in total. The van der Waals surface area contributed by atoms with Crippen LogP contribution < -0.4 is 0 Å². The Hall–Kier alpha value is -0.0400. The summed E-state index contributed by atoms with van der Waals surface area (Å²) >= 11 is 0. The van der Waals surface area contributed by atoms with Crippen molar-refractivity contribution in [3.63, 3.8) is 0 Å². The first-order valence-corrected chi connectivity index (χ1v) is 7.68. The molecule has 3 fully saturated rings. The first-order valence-electron chi connectivity index (χ1n) is 7.68. The van der Waals surface area contributed by atoms with Gasteiger partial charge < -0.3 is 5.11 Å². The molecule has 0 unspecified atom stereocenters. The summed E-state index contributed by atoms with van der Waals surface area (Å²) in [5.41, 5.74) is 0.593. The molecule has 3 saturated carbocycles. The van der Waals surface area contributed by atoms with Gasteiger partial charge in [-0.05, 0) is 73.5 Å². The molecule has 0 aromatic carbocycles. The third-order valence-corrected chi connectivity index (χ3v) is 6.88. The lowest BCUT2D eigenvalue weighted by molar-refractivity contribution is 0.0336. The fourth-order valence-electron chi connectivity index (χ4n) is 5.28. The third kappa shape index (κ3) is 1.77. The Labute approximate surface area is 106 Å². The van der Waals surface area contributed by atoms with Gasteiger partial charge in [-0.3, -0.25) is 0 Å². The average molecular weight is 236 g/mol. The molecule has 17 heavy (non-hydrogen) atoms. The Morgan fingerprint density at radius 3 is 2.06 bits per heavy atom. The van der Waals surface area contributed by atoms with E-state index in [-0.39, 0.29) is 6.10 Å². The van der Waals surface area contributed by atoms with Gasteiger partial charge in [0.05, 0.1) is 6.10 Å². The van der Waals surface area contributed by atoms with Crippen molar-refractivity contribution < 1.29 is 5.11 Å². The van der Waals surface area contributed by atoms with Crippen LogP contribution in [0.4, 0.5) is 0 Å². The van der Waals surface area contributed by atoms with Crippen LogP contribution in [0.2, 0.25) is 0 Å². The highest BCUT2D eigenvalue weighted by molar-refractivity contribution is 5.05. The SMILES string of the molecule is C[C@H]1[C@H]2C[C@H](C[C@H]2C2CCC(O)CC2)C1(C)C. The minimum absolute atomic E-state index is 0.0127. The number of aliphatic hydroxyl groups excluding tert-OH is 1. The predicted octanol–water partition coefficient (Wildman–Crippen LogP) is 3.86. The molecule has 98 valence electrons. The predicted molar refractivity (Wildman–Crippen MR) is 70.6 cm³/mol. The molecule has 3 aliphatic rings. The van der Waals surface area contributed by atoms with Crippen molar-refractivity contribution in [2.45, 2.75) is 65.4 Å². The van der Waals surface area contributed by atoms with E-state index in [0.29, 0.717) is 5.41 Å². The number of hydrogen-bond donors (Lipinski definition) is 1. The third-order valence-electron chi connectivity index (χ3n) is 6.88. The van der Waals surface area contributed by atoms with E-state index in [1.807, 2.05) is 0 Å². The molecule has 4 atom stereocenters. The van der Waals surface area contributed by atoms with Crippen LogP contribution >= 0.6 is 0 Å². The number of aliphatic hydroxyl groups is 1. The maximum atomic E-state index is 9.64. The van der Waals surface area contributed by atoms with Gasteiger partial charge in [0.15, 0.2) is 0 Å². The van der Waals surface area contributed by atoms with Gasteiger partial charge in [-0.2, -0.15) is 0 Å². The van der Waals surface area contributed by atoms with Crippen LogP contribution in [0, 0.1) is 35.0 Å². The molecule has 1 heteroatoms. The van der Waals surface area contributed by atoms with E-state index in [1.54, 1.807) is 0 Å². The fraction of sp³-hybridized carbons (Fsp3) is 1.00. The maximum absolute atomic E-state index is 9.64. The van der Waals surface area contributed by atoms with Crippen LogP contribution in [0.15, 0.2) is 0 Å². The smallest absolute Gasteiger partial charge is 0.0540 e. The zero-order valence-corrected chi connectivity index (χ0v) is 11.7. The van der Waals surface area contributed by atoms with E-state index in [0.717, 1.165) is 42.4 Å². The number of fused-ring (bicyclic) bond motifs is 2. The van der Waals surface area contributed by atoms with Gasteiger partial charge in [0.2, 0.25) is 0 Å². The van der Waals surface area contributed by atoms with Gasteiger partial charge in [-0.1, -0.05) is 20.8 Å². The van der Waals surface area contributed by atoms with Gasteiger partial charge >= 0.3 is 0 Å². The minimum atomic E-state index is 0.0127. The second-order valence-electron chi connectivity index (χ2n) is 7.67. The first-order chi connectivity index (χ1) is 8.00. The Bertz CT molecular complexity index is 284. The standard InChI is InChI=1S/C16H28O/c1-10-14-8-12(16(10,2)3)9-15(14)11-4-6-13(17)7-5-11/h10-15,17H,4-9H2,1-3H3/t10-,11?,12+,13?,14+,15-/m0/s1. The molecule has 0 saturated heterocycles. The molecule has 2 bridgehead atoms. The Morgan fingerprint density at radius 1 is 0.941 bits per heavy atom. The van der Waals surface area contributed by atoms with Crippen molar-refractivity contribution >= 4 is 0 Å². The summed E-state index contributed by atoms with van der Waals surface area (Å²) < 4.78 is 0. The monoisotopic (exact) mass is 236 g/mol. The van der Waals surface area contributed by atoms with E-state index in [1.165, 1.54) is 25.7 Å². The van der Waals surface area contributed by atoms with Gasteiger partial charge in [0, 0.05) is 0 Å². The summed E-state index contributed by atoms with van der Waals surface area (Å²) in [6, 6.07) is 0. The highest BCUT2D eigenvalue weighted by Crippen LogP contribution is 2.63. The molecule has 0 spiro atoms. The van der Waals surface area contributed by atoms with E-state index in [9.17, 15) is 5.11 Å². The summed E-state index contributed by atoms with van der Waals surface area (Å²) in [5.74, 6) is 4.83. The molecule has 0 aromatic heterocycles. The summed E-state index contributed by atoms with van der Waals surface area (Å²) in [7, 11) is 0. The van der Waals surface area contributed by atoms with Gasteiger partial charge in [-0.15, -0.1) is 0 Å². The number of hydrogen-bond acceptors (Lipinski definition) is 1. The van der Waals surface area contributed by atoms with Crippen LogP contribution in [0.25, 0.3) is 0 Å². The molecule has 0 radical (unpaired) electrons. The summed E-state index contributed by atoms with van der Waals surface area (Å²) in [4.78, 5) is 0. The normalized spacial score (nSPS) is 52.9. The summed E-state index contributed by atoms with van der Waals surface area (Å²) in [5, 5.41) is 9.64. The lowest BCUT2D eigenvalue weighted by atomic mass is 9.62. The molecular formula is C16H28O. The van der Waals surface area contributed by atoms with Crippen LogP contribution in [0.1, 0.15) is 59.3 Å². The summed E-state index contributed by atoms with van der Waals surface area (Å²) in [6.07, 6.45) is 7.72. The second kappa shape index (κ2) is 3.98. The van der Waals surface area contributed by atoms with Crippen LogP contribution in [-0.4, -0.2) is 11.2 Å². The van der Waals surface area contributed by atoms with Crippen LogP contribution in [0.5, 0.6) is 0 Å². The molecular weight excluding hydrogens is 208 g/mol. The molecule has 0 amide bonds. The Kier molecular flexibility index (Phi) is 2.81. The van der Waals surface area contributed by atoms with E-state index < -0.39 is 0 Å². The van der Waals surface area contributed by atoms with E-state index >= 15 is 0 Å². The maximum Gasteiger partial charge on any atom is 0.0540 e. The molecule has 3 rings (SSSR count). The van der Waals surface area contributed by atoms with Gasteiger partial charge in [0.25, 0.3) is 0 Å². The topological polar surface area (TPSA) is 20.2 Å². The second-order valence-corrected chi connectivity index (χ2v) is 7.67. The zero-order valence-electron chi connectivity index (χ0n) is 11.7. The summed E-state index contributed by atoms with van der Waals surface area (Å²) in [6.45, 7) is 7.47. The minimum Gasteiger partial charge on any atom is -0.393 e. The van der Waals surface area contributed by atoms with Crippen molar-refractivity contribution in [2.24, 2.45) is 35.0 Å². The quantitative estimate of drug-likeness (QED) is 0.733. The highest BCUT2D eigenvalue weighted by atomic mass is 16.3. The van der Waals surface area contributed by atoms with Crippen LogP contribution in [0.3, 0.4) is 0 Å². The van der Waals surface area contributed by atoms with E-state index in [4.69, 9.17) is 0 Å². The Morgan fingerprint density at radius 2 is 1.53 bits per heavy atom.